The zero-order valence-electron chi connectivity index (χ0n) is 32.5. The Balaban J connectivity index is 1.12. The van der Waals surface area contributed by atoms with E-state index in [0.717, 1.165) is 22.7 Å². The Bertz CT molecular complexity index is 2980. The third kappa shape index (κ3) is 5.70. The molecular formula is C56H40N2Si. The molecule has 278 valence electrons. The van der Waals surface area contributed by atoms with Crippen molar-refractivity contribution in [3.05, 3.63) is 243 Å². The van der Waals surface area contributed by atoms with Gasteiger partial charge in [0.25, 0.3) is 0 Å². The minimum Gasteiger partial charge on any atom is -0.311 e. The van der Waals surface area contributed by atoms with Crippen LogP contribution in [-0.2, 0) is 0 Å². The Kier molecular flexibility index (Phi) is 8.53. The van der Waals surface area contributed by atoms with Crippen LogP contribution in [-0.4, -0.2) is 8.07 Å². The minimum atomic E-state index is -2.83. The molecule has 0 fully saturated rings. The first-order valence-corrected chi connectivity index (χ1v) is 22.4. The SMILES string of the molecule is c1ccc(N2c3ccccc3[Si](c3ccccc3)(c3ccccc3)c3cc(-c4ccc(N(c5cccc6ccccc56)c5cccc6ccccc56)cc4)ccc32)cc1. The van der Waals surface area contributed by atoms with Crippen molar-refractivity contribution in [2.24, 2.45) is 0 Å². The highest BCUT2D eigenvalue weighted by Gasteiger charge is 2.48. The molecule has 0 amide bonds. The third-order valence-corrected chi connectivity index (χ3v) is 16.9. The summed E-state index contributed by atoms with van der Waals surface area (Å²) in [5.41, 5.74) is 9.43. The summed E-state index contributed by atoms with van der Waals surface area (Å²) < 4.78 is 0. The lowest BCUT2D eigenvalue weighted by Crippen LogP contribution is -2.77. The lowest BCUT2D eigenvalue weighted by Gasteiger charge is -2.45. The molecule has 0 aromatic heterocycles. The highest BCUT2D eigenvalue weighted by atomic mass is 28.3. The van der Waals surface area contributed by atoms with Gasteiger partial charge in [-0.15, -0.1) is 0 Å². The summed E-state index contributed by atoms with van der Waals surface area (Å²) in [5, 5.41) is 10.4. The van der Waals surface area contributed by atoms with Crippen LogP contribution in [0.25, 0.3) is 32.7 Å². The third-order valence-electron chi connectivity index (χ3n) is 12.1. The number of fused-ring (bicyclic) bond motifs is 4. The van der Waals surface area contributed by atoms with Crippen molar-refractivity contribution in [1.29, 1.82) is 0 Å². The molecule has 0 radical (unpaired) electrons. The van der Waals surface area contributed by atoms with Crippen LogP contribution in [0.2, 0.25) is 0 Å². The second-order valence-electron chi connectivity index (χ2n) is 15.3. The molecule has 0 N–H and O–H groups in total. The first kappa shape index (κ1) is 34.8. The Morgan fingerprint density at radius 3 is 1.42 bits per heavy atom. The predicted octanol–water partition coefficient (Wildman–Crippen LogP) is 12.3. The fourth-order valence-corrected chi connectivity index (χ4v) is 14.6. The summed E-state index contributed by atoms with van der Waals surface area (Å²) in [6.45, 7) is 0. The van der Waals surface area contributed by atoms with Crippen LogP contribution in [0.3, 0.4) is 0 Å². The zero-order chi connectivity index (χ0) is 39.2. The van der Waals surface area contributed by atoms with Crippen LogP contribution in [0.5, 0.6) is 0 Å². The van der Waals surface area contributed by atoms with Crippen LogP contribution in [0, 0.1) is 0 Å². The Morgan fingerprint density at radius 2 is 0.814 bits per heavy atom. The molecule has 1 aliphatic rings. The van der Waals surface area contributed by atoms with Crippen LogP contribution in [0.1, 0.15) is 0 Å². The average molecular weight is 769 g/mol. The van der Waals surface area contributed by atoms with Crippen molar-refractivity contribution in [3.8, 4) is 11.1 Å². The molecule has 1 heterocycles. The molecular weight excluding hydrogens is 729 g/mol. The molecule has 10 aromatic carbocycles. The van der Waals surface area contributed by atoms with E-state index in [0.29, 0.717) is 0 Å². The highest BCUT2D eigenvalue weighted by Crippen LogP contribution is 2.43. The number of rotatable bonds is 7. The van der Waals surface area contributed by atoms with Gasteiger partial charge in [-0.3, -0.25) is 0 Å². The summed E-state index contributed by atoms with van der Waals surface area (Å²) in [4.78, 5) is 4.90. The molecule has 2 nitrogen and oxygen atoms in total. The maximum atomic E-state index is 2.51. The summed E-state index contributed by atoms with van der Waals surface area (Å²) in [6, 6.07) is 89.5. The average Bonchev–Trinajstić information content (AvgIpc) is 3.32. The van der Waals surface area contributed by atoms with Gasteiger partial charge in [0.15, 0.2) is 8.07 Å². The molecule has 0 saturated heterocycles. The van der Waals surface area contributed by atoms with E-state index in [1.807, 2.05) is 0 Å². The molecule has 59 heavy (non-hydrogen) atoms. The number of hydrogen-bond donors (Lipinski definition) is 0. The van der Waals surface area contributed by atoms with E-state index < -0.39 is 8.07 Å². The topological polar surface area (TPSA) is 6.48 Å². The van der Waals surface area contributed by atoms with Crippen molar-refractivity contribution in [2.45, 2.75) is 0 Å². The molecule has 1 aliphatic heterocycles. The van der Waals surface area contributed by atoms with E-state index in [2.05, 4.69) is 252 Å². The van der Waals surface area contributed by atoms with Crippen LogP contribution in [0.4, 0.5) is 34.1 Å². The predicted molar refractivity (Wildman–Crippen MR) is 253 cm³/mol. The van der Waals surface area contributed by atoms with Gasteiger partial charge in [0.05, 0.1) is 11.4 Å². The number of benzene rings is 10. The summed E-state index contributed by atoms with van der Waals surface area (Å²) >= 11 is 0. The zero-order valence-corrected chi connectivity index (χ0v) is 33.5. The minimum absolute atomic E-state index is 1.11. The number of nitrogens with zero attached hydrogens (tertiary/aromatic N) is 2. The van der Waals surface area contributed by atoms with Gasteiger partial charge in [0.2, 0.25) is 0 Å². The normalized spacial score (nSPS) is 12.8. The van der Waals surface area contributed by atoms with Gasteiger partial charge in [-0.1, -0.05) is 194 Å². The summed E-state index contributed by atoms with van der Waals surface area (Å²) in [5.74, 6) is 0. The Labute approximate surface area is 346 Å². The van der Waals surface area contributed by atoms with Gasteiger partial charge in [0.1, 0.15) is 0 Å². The van der Waals surface area contributed by atoms with Gasteiger partial charge in [0, 0.05) is 33.5 Å². The van der Waals surface area contributed by atoms with Gasteiger partial charge in [-0.05, 0) is 91.2 Å². The van der Waals surface area contributed by atoms with E-state index in [-0.39, 0.29) is 0 Å². The quantitative estimate of drug-likeness (QED) is 0.149. The van der Waals surface area contributed by atoms with Gasteiger partial charge < -0.3 is 9.80 Å². The van der Waals surface area contributed by atoms with Crippen LogP contribution in [0.15, 0.2) is 243 Å². The molecule has 0 aliphatic carbocycles. The van der Waals surface area contributed by atoms with E-state index in [9.17, 15) is 0 Å². The molecule has 0 spiro atoms. The number of para-hydroxylation sites is 2. The Hall–Kier alpha value is -7.46. The molecule has 0 unspecified atom stereocenters. The van der Waals surface area contributed by atoms with E-state index in [4.69, 9.17) is 0 Å². The Morgan fingerprint density at radius 1 is 0.339 bits per heavy atom. The standard InChI is InChI=1S/C56H40N2Si/c1-4-22-45(23-5-1)58-53-30-14-15-33-55(53)59(47-24-6-2-7-25-47,48-26-8-3-9-27-48)56-40-44(36-39-54(56)58)41-34-37-46(38-35-41)57(51-31-16-20-42-18-10-12-28-49(42)51)52-32-17-21-43-19-11-13-29-50(43)52/h1-40H. The molecule has 3 heteroatoms. The first-order chi connectivity index (χ1) is 29.3. The lowest BCUT2D eigenvalue weighted by atomic mass is 10.0. The van der Waals surface area contributed by atoms with E-state index >= 15 is 0 Å². The highest BCUT2D eigenvalue weighted by molar-refractivity contribution is 7.21. The smallest absolute Gasteiger partial charge is 0.184 e. The van der Waals surface area contributed by atoms with Crippen LogP contribution < -0.4 is 30.5 Å². The van der Waals surface area contributed by atoms with Crippen molar-refractivity contribution in [2.75, 3.05) is 9.80 Å². The largest absolute Gasteiger partial charge is 0.311 e. The van der Waals surface area contributed by atoms with Gasteiger partial charge in [-0.25, -0.2) is 0 Å². The fraction of sp³-hybridized carbons (Fsp3) is 0. The fourth-order valence-electron chi connectivity index (χ4n) is 9.51. The molecule has 11 rings (SSSR count). The number of anilines is 6. The van der Waals surface area contributed by atoms with Gasteiger partial charge >= 0.3 is 0 Å². The maximum Gasteiger partial charge on any atom is 0.184 e. The number of hydrogen-bond acceptors (Lipinski definition) is 2. The molecule has 10 aromatic rings. The second kappa shape index (κ2) is 14.5. The summed E-state index contributed by atoms with van der Waals surface area (Å²) in [6.07, 6.45) is 0. The van der Waals surface area contributed by atoms with Crippen LogP contribution >= 0.6 is 0 Å². The van der Waals surface area contributed by atoms with E-state index in [1.54, 1.807) is 0 Å². The summed E-state index contributed by atoms with van der Waals surface area (Å²) in [7, 11) is -2.83. The van der Waals surface area contributed by atoms with Gasteiger partial charge in [-0.2, -0.15) is 0 Å². The maximum absolute atomic E-state index is 2.83. The van der Waals surface area contributed by atoms with E-state index in [1.165, 1.54) is 64.8 Å². The second-order valence-corrected chi connectivity index (χ2v) is 19.0. The lowest BCUT2D eigenvalue weighted by molar-refractivity contribution is 1.29. The van der Waals surface area contributed by atoms with Crippen molar-refractivity contribution >= 4 is 84.5 Å². The first-order valence-electron chi connectivity index (χ1n) is 20.4. The van der Waals surface area contributed by atoms with Crippen molar-refractivity contribution in [3.63, 3.8) is 0 Å². The molecule has 0 saturated carbocycles. The molecule has 0 bridgehead atoms. The van der Waals surface area contributed by atoms with Crippen molar-refractivity contribution < 1.29 is 0 Å². The van der Waals surface area contributed by atoms with Crippen molar-refractivity contribution in [1.82, 2.24) is 0 Å². The monoisotopic (exact) mass is 768 g/mol. The molecule has 0 atom stereocenters.